The average Bonchev–Trinajstić information content (AvgIpc) is 2.34. The van der Waals surface area contributed by atoms with E-state index in [9.17, 15) is 17.6 Å². The smallest absolute Gasteiger partial charge is 0.243 e. The van der Waals surface area contributed by atoms with Gasteiger partial charge >= 0.3 is 0 Å². The number of nitrogens with one attached hydrogen (secondary N) is 1. The van der Waals surface area contributed by atoms with E-state index in [4.69, 9.17) is 0 Å². The molecule has 1 aromatic carbocycles. The highest BCUT2D eigenvalue weighted by atomic mass is 32.2. The molecule has 24 heavy (non-hydrogen) atoms. The number of nitrogens with zero attached hydrogens (tertiary/aromatic N) is 1. The summed E-state index contributed by atoms with van der Waals surface area (Å²) in [5.41, 5.74) is -0.418. The Bertz CT molecular complexity index is 677. The zero-order chi connectivity index (χ0) is 18.8. The van der Waals surface area contributed by atoms with Crippen LogP contribution in [0.15, 0.2) is 29.2 Å². The van der Waals surface area contributed by atoms with Crippen molar-refractivity contribution in [3.8, 4) is 0 Å². The van der Waals surface area contributed by atoms with Crippen LogP contribution in [0.1, 0.15) is 41.0 Å². The molecule has 1 N–H and O–H groups in total. The van der Waals surface area contributed by atoms with Crippen molar-refractivity contribution >= 4 is 15.9 Å². The third-order valence-electron chi connectivity index (χ3n) is 3.34. The number of rotatable bonds is 6. The highest BCUT2D eigenvalue weighted by Crippen LogP contribution is 2.26. The standard InChI is InChI=1S/C17H27FN2O3S/c1-16(2,3)12-17(4,5)19-15(21)11-20(6)24(22,23)14-9-7-13(18)8-10-14/h7-10H,11-12H2,1-6H3,(H,19,21). The number of carbonyl (C=O) groups is 1. The van der Waals surface area contributed by atoms with E-state index in [0.29, 0.717) is 0 Å². The number of sulfonamides is 1. The number of likely N-dealkylation sites (N-methyl/N-ethyl adjacent to an activating group) is 1. The first-order valence-corrected chi connectivity index (χ1v) is 9.20. The van der Waals surface area contributed by atoms with Crippen LogP contribution in [0, 0.1) is 11.2 Å². The molecule has 0 spiro atoms. The van der Waals surface area contributed by atoms with Crippen molar-refractivity contribution in [3.05, 3.63) is 30.1 Å². The number of hydrogen-bond acceptors (Lipinski definition) is 3. The molecule has 1 aromatic rings. The Labute approximate surface area is 144 Å². The molecule has 0 heterocycles. The van der Waals surface area contributed by atoms with E-state index in [2.05, 4.69) is 26.1 Å². The topological polar surface area (TPSA) is 66.5 Å². The number of benzene rings is 1. The Balaban J connectivity index is 2.77. The molecule has 0 bridgehead atoms. The second kappa shape index (κ2) is 7.19. The van der Waals surface area contributed by atoms with E-state index < -0.39 is 21.4 Å². The van der Waals surface area contributed by atoms with Gasteiger partial charge in [-0.3, -0.25) is 4.79 Å². The van der Waals surface area contributed by atoms with Gasteiger partial charge in [0.1, 0.15) is 5.82 Å². The van der Waals surface area contributed by atoms with Crippen molar-refractivity contribution in [2.24, 2.45) is 5.41 Å². The minimum absolute atomic E-state index is 0.0306. The number of halogens is 1. The second-order valence-corrected chi connectivity index (χ2v) is 9.93. The van der Waals surface area contributed by atoms with E-state index in [1.54, 1.807) is 0 Å². The molecular weight excluding hydrogens is 331 g/mol. The SMILES string of the molecule is CN(CC(=O)NC(C)(C)CC(C)(C)C)S(=O)(=O)c1ccc(F)cc1. The zero-order valence-corrected chi connectivity index (χ0v) is 16.0. The summed E-state index contributed by atoms with van der Waals surface area (Å²) in [5, 5.41) is 2.87. The minimum Gasteiger partial charge on any atom is -0.350 e. The maximum Gasteiger partial charge on any atom is 0.243 e. The molecule has 5 nitrogen and oxygen atoms in total. The van der Waals surface area contributed by atoms with Crippen LogP contribution >= 0.6 is 0 Å². The fraction of sp³-hybridized carbons (Fsp3) is 0.588. The van der Waals surface area contributed by atoms with Gasteiger partial charge in [-0.2, -0.15) is 4.31 Å². The maximum atomic E-state index is 12.9. The summed E-state index contributed by atoms with van der Waals surface area (Å²) in [6.07, 6.45) is 0.750. The third-order valence-corrected chi connectivity index (χ3v) is 5.16. The van der Waals surface area contributed by atoms with E-state index in [-0.39, 0.29) is 22.8 Å². The van der Waals surface area contributed by atoms with E-state index >= 15 is 0 Å². The highest BCUT2D eigenvalue weighted by molar-refractivity contribution is 7.89. The van der Waals surface area contributed by atoms with Crippen molar-refractivity contribution in [1.29, 1.82) is 0 Å². The van der Waals surface area contributed by atoms with Gasteiger partial charge in [0.25, 0.3) is 0 Å². The van der Waals surface area contributed by atoms with Gasteiger partial charge in [0, 0.05) is 12.6 Å². The molecule has 0 saturated carbocycles. The quantitative estimate of drug-likeness (QED) is 0.850. The molecule has 0 unspecified atom stereocenters. The van der Waals surface area contributed by atoms with Crippen LogP contribution < -0.4 is 5.32 Å². The monoisotopic (exact) mass is 358 g/mol. The van der Waals surface area contributed by atoms with Gasteiger partial charge in [-0.25, -0.2) is 12.8 Å². The molecule has 0 aliphatic carbocycles. The lowest BCUT2D eigenvalue weighted by Crippen LogP contribution is -2.49. The van der Waals surface area contributed by atoms with Gasteiger partial charge in [-0.1, -0.05) is 20.8 Å². The Morgan fingerprint density at radius 2 is 1.62 bits per heavy atom. The van der Waals surface area contributed by atoms with Crippen molar-refractivity contribution in [3.63, 3.8) is 0 Å². The first-order valence-electron chi connectivity index (χ1n) is 7.76. The van der Waals surface area contributed by atoms with E-state index in [1.165, 1.54) is 19.2 Å². The van der Waals surface area contributed by atoms with Crippen molar-refractivity contribution in [1.82, 2.24) is 9.62 Å². The Morgan fingerprint density at radius 1 is 1.12 bits per heavy atom. The lowest BCUT2D eigenvalue weighted by Gasteiger charge is -2.33. The van der Waals surface area contributed by atoms with Gasteiger partial charge in [0.15, 0.2) is 0 Å². The minimum atomic E-state index is -3.84. The summed E-state index contributed by atoms with van der Waals surface area (Å²) in [7, 11) is -2.51. The van der Waals surface area contributed by atoms with Gasteiger partial charge < -0.3 is 5.32 Å². The van der Waals surface area contributed by atoms with E-state index in [0.717, 1.165) is 22.9 Å². The molecule has 1 amide bonds. The van der Waals surface area contributed by atoms with Crippen molar-refractivity contribution < 1.29 is 17.6 Å². The zero-order valence-electron chi connectivity index (χ0n) is 15.2. The molecule has 0 radical (unpaired) electrons. The molecule has 0 aliphatic rings. The molecule has 136 valence electrons. The van der Waals surface area contributed by atoms with Crippen molar-refractivity contribution in [2.75, 3.05) is 13.6 Å². The van der Waals surface area contributed by atoms with Crippen LogP contribution in [0.2, 0.25) is 0 Å². The third kappa shape index (κ3) is 6.20. The van der Waals surface area contributed by atoms with Crippen LogP contribution in [0.25, 0.3) is 0 Å². The molecule has 0 atom stereocenters. The first kappa shape index (κ1) is 20.6. The van der Waals surface area contributed by atoms with Crippen LogP contribution in [0.3, 0.4) is 0 Å². The Morgan fingerprint density at radius 3 is 2.08 bits per heavy atom. The molecule has 1 rings (SSSR count). The molecule has 0 aromatic heterocycles. The average molecular weight is 358 g/mol. The van der Waals surface area contributed by atoms with Crippen LogP contribution in [-0.4, -0.2) is 37.8 Å². The maximum absolute atomic E-state index is 12.9. The molecule has 0 aliphatic heterocycles. The summed E-state index contributed by atoms with van der Waals surface area (Å²) in [6, 6.07) is 4.52. The summed E-state index contributed by atoms with van der Waals surface area (Å²) in [4.78, 5) is 12.2. The number of hydrogen-bond donors (Lipinski definition) is 1. The van der Waals surface area contributed by atoms with Gasteiger partial charge in [-0.15, -0.1) is 0 Å². The van der Waals surface area contributed by atoms with E-state index in [1.807, 2.05) is 13.8 Å². The Kier molecular flexibility index (Phi) is 6.16. The lowest BCUT2D eigenvalue weighted by molar-refractivity contribution is -0.123. The fourth-order valence-corrected chi connectivity index (χ4v) is 3.99. The summed E-state index contributed by atoms with van der Waals surface area (Å²) in [5.74, 6) is -0.893. The Hall–Kier alpha value is -1.47. The second-order valence-electron chi connectivity index (χ2n) is 7.88. The lowest BCUT2D eigenvalue weighted by atomic mass is 9.82. The van der Waals surface area contributed by atoms with Gasteiger partial charge in [0.05, 0.1) is 11.4 Å². The molecule has 7 heteroatoms. The van der Waals surface area contributed by atoms with Crippen LogP contribution in [-0.2, 0) is 14.8 Å². The van der Waals surface area contributed by atoms with Crippen LogP contribution in [0.5, 0.6) is 0 Å². The van der Waals surface area contributed by atoms with Gasteiger partial charge in [0.2, 0.25) is 15.9 Å². The molecule has 0 saturated heterocycles. The normalized spacial score (nSPS) is 13.2. The molecule has 0 fully saturated rings. The highest BCUT2D eigenvalue weighted by Gasteiger charge is 2.29. The number of carbonyl (C=O) groups excluding carboxylic acids is 1. The largest absolute Gasteiger partial charge is 0.350 e. The van der Waals surface area contributed by atoms with Gasteiger partial charge in [-0.05, 0) is 49.9 Å². The fourth-order valence-electron chi connectivity index (χ4n) is 2.86. The van der Waals surface area contributed by atoms with Crippen LogP contribution in [0.4, 0.5) is 4.39 Å². The molecular formula is C17H27FN2O3S. The summed E-state index contributed by atoms with van der Waals surface area (Å²) < 4.78 is 38.7. The summed E-state index contributed by atoms with van der Waals surface area (Å²) >= 11 is 0. The van der Waals surface area contributed by atoms with Crippen molar-refractivity contribution in [2.45, 2.75) is 51.5 Å². The number of amides is 1. The predicted molar refractivity (Wildman–Crippen MR) is 92.5 cm³/mol. The predicted octanol–water partition coefficient (Wildman–Crippen LogP) is 2.78. The first-order chi connectivity index (χ1) is 10.7. The summed E-state index contributed by atoms with van der Waals surface area (Å²) in [6.45, 7) is 9.74.